The van der Waals surface area contributed by atoms with E-state index in [-0.39, 0.29) is 18.4 Å². The third-order valence-corrected chi connectivity index (χ3v) is 7.05. The number of ether oxygens (including phenoxy) is 4. The average molecular weight is 537 g/mol. The monoisotopic (exact) mass is 536 g/mol. The fraction of sp³-hybridized carbons (Fsp3) is 0.667. The largest absolute Gasteiger partial charge is 0.493 e. The van der Waals surface area contributed by atoms with Crippen LogP contribution in [0.15, 0.2) is 6.07 Å². The predicted molar refractivity (Wildman–Crippen MR) is 137 cm³/mol. The molecule has 0 aromatic heterocycles. The quantitative estimate of drug-likeness (QED) is 0.249. The second-order valence-corrected chi connectivity index (χ2v) is 10.2. The van der Waals surface area contributed by atoms with Gasteiger partial charge in [-0.25, -0.2) is 0 Å². The lowest BCUT2D eigenvalue weighted by molar-refractivity contribution is -0.135. The molecule has 1 aromatic rings. The summed E-state index contributed by atoms with van der Waals surface area (Å²) in [6.07, 6.45) is 1.82. The number of amides is 2. The van der Waals surface area contributed by atoms with Crippen LogP contribution in [-0.2, 0) is 32.0 Å². The highest BCUT2D eigenvalue weighted by atomic mass is 16.6. The van der Waals surface area contributed by atoms with Gasteiger partial charge in [-0.05, 0) is 50.2 Å². The molecule has 2 aliphatic rings. The molecule has 1 heterocycles. The minimum Gasteiger partial charge on any atom is -0.493 e. The minimum absolute atomic E-state index is 0.0679. The molecule has 1 aliphatic heterocycles. The van der Waals surface area contributed by atoms with E-state index >= 15 is 0 Å². The lowest BCUT2D eigenvalue weighted by Crippen LogP contribution is -2.56. The number of carbonyl (C=O) groups excluding carboxylic acids is 3. The summed E-state index contributed by atoms with van der Waals surface area (Å²) in [5, 5.41) is 24.8. The smallest absolute Gasteiger partial charge is 0.245 e. The highest BCUT2D eigenvalue weighted by Crippen LogP contribution is 2.45. The zero-order valence-corrected chi connectivity index (χ0v) is 22.8. The number of rotatable bonds is 14. The van der Waals surface area contributed by atoms with Gasteiger partial charge < -0.3 is 39.8 Å². The molecule has 1 aromatic carbocycles. The Kier molecular flexibility index (Phi) is 9.97. The molecule has 11 heteroatoms. The second kappa shape index (κ2) is 12.8. The Labute approximate surface area is 223 Å². The Morgan fingerprint density at radius 3 is 2.37 bits per heavy atom. The molecular formula is C27H40N2O9. The summed E-state index contributed by atoms with van der Waals surface area (Å²) in [5.41, 5.74) is 0.562. The highest BCUT2D eigenvalue weighted by Gasteiger charge is 2.54. The summed E-state index contributed by atoms with van der Waals surface area (Å²) in [5.74, 6) is -0.319. The molecule has 0 radical (unpaired) electrons. The van der Waals surface area contributed by atoms with Gasteiger partial charge in [0, 0.05) is 11.5 Å². The van der Waals surface area contributed by atoms with Crippen molar-refractivity contribution in [3.8, 4) is 17.2 Å². The van der Waals surface area contributed by atoms with Crippen molar-refractivity contribution in [3.05, 3.63) is 17.2 Å². The van der Waals surface area contributed by atoms with Gasteiger partial charge in [-0.15, -0.1) is 0 Å². The predicted octanol–water partition coefficient (Wildman–Crippen LogP) is 0.546. The van der Waals surface area contributed by atoms with Crippen molar-refractivity contribution in [3.63, 3.8) is 0 Å². The first-order chi connectivity index (χ1) is 18.1. The SMILES string of the molecule is CCOc1c2c(cc(OC)c1OC)CCC(C(=O)NC(CO)C(=O)NC(CC(C)C)C(=O)C1(CO)CO1)C2. The number of hydrogen-bond acceptors (Lipinski definition) is 9. The summed E-state index contributed by atoms with van der Waals surface area (Å²) < 4.78 is 22.0. The van der Waals surface area contributed by atoms with Crippen LogP contribution in [0.25, 0.3) is 0 Å². The molecule has 11 nitrogen and oxygen atoms in total. The summed E-state index contributed by atoms with van der Waals surface area (Å²) in [6.45, 7) is 5.05. The Morgan fingerprint density at radius 2 is 1.84 bits per heavy atom. The number of aliphatic hydroxyl groups excluding tert-OH is 2. The third kappa shape index (κ3) is 6.39. The maximum Gasteiger partial charge on any atom is 0.245 e. The summed E-state index contributed by atoms with van der Waals surface area (Å²) >= 11 is 0. The molecule has 212 valence electrons. The van der Waals surface area contributed by atoms with Crippen LogP contribution in [0.2, 0.25) is 0 Å². The average Bonchev–Trinajstić information content (AvgIpc) is 3.71. The van der Waals surface area contributed by atoms with E-state index in [1.807, 2.05) is 26.8 Å². The standard InChI is InChI=1S/C27H40N2O9/c1-6-37-22-18-10-17(8-7-16(18)11-21(35-4)23(22)36-5)25(33)29-20(12-30)26(34)28-19(9-15(2)3)24(32)27(13-31)14-38-27/h11,15,17,19-20,30-31H,6-10,12-14H2,1-5H3,(H,28,34)(H,29,33). The fourth-order valence-corrected chi connectivity index (χ4v) is 4.87. The maximum absolute atomic E-state index is 13.2. The number of aryl methyl sites for hydroxylation is 1. The number of methoxy groups -OCH3 is 2. The molecule has 0 saturated carbocycles. The normalized spacial score (nSPS) is 21.6. The van der Waals surface area contributed by atoms with E-state index < -0.39 is 48.5 Å². The summed E-state index contributed by atoms with van der Waals surface area (Å²) in [6, 6.07) is -0.266. The number of nitrogens with one attached hydrogen (secondary N) is 2. The molecule has 4 unspecified atom stereocenters. The number of Topliss-reactive ketones (excluding diaryl/α,β-unsaturated/α-hetero) is 1. The van der Waals surface area contributed by atoms with E-state index in [0.717, 1.165) is 11.1 Å². The minimum atomic E-state index is -1.29. The number of fused-ring (bicyclic) bond motifs is 1. The van der Waals surface area contributed by atoms with Crippen LogP contribution in [0, 0.1) is 11.8 Å². The second-order valence-electron chi connectivity index (χ2n) is 10.2. The molecule has 1 saturated heterocycles. The van der Waals surface area contributed by atoms with Crippen LogP contribution in [0.4, 0.5) is 0 Å². The van der Waals surface area contributed by atoms with E-state index in [1.165, 1.54) is 7.11 Å². The number of epoxide rings is 1. The summed E-state index contributed by atoms with van der Waals surface area (Å²) in [4.78, 5) is 39.2. The summed E-state index contributed by atoms with van der Waals surface area (Å²) in [7, 11) is 3.08. The van der Waals surface area contributed by atoms with Gasteiger partial charge in [0.15, 0.2) is 22.9 Å². The zero-order valence-electron chi connectivity index (χ0n) is 22.8. The Balaban J connectivity index is 1.73. The van der Waals surface area contributed by atoms with Crippen molar-refractivity contribution >= 4 is 17.6 Å². The first-order valence-corrected chi connectivity index (χ1v) is 13.0. The van der Waals surface area contributed by atoms with E-state index in [0.29, 0.717) is 49.5 Å². The van der Waals surface area contributed by atoms with Crippen LogP contribution in [0.5, 0.6) is 17.2 Å². The van der Waals surface area contributed by atoms with Crippen LogP contribution in [0.3, 0.4) is 0 Å². The first kappa shape index (κ1) is 29.7. The van der Waals surface area contributed by atoms with Crippen molar-refractivity contribution in [1.82, 2.24) is 10.6 Å². The maximum atomic E-state index is 13.2. The lowest BCUT2D eigenvalue weighted by Gasteiger charge is -2.29. The number of aliphatic hydroxyl groups is 2. The van der Waals surface area contributed by atoms with Gasteiger partial charge in [-0.2, -0.15) is 0 Å². The van der Waals surface area contributed by atoms with Crippen LogP contribution >= 0.6 is 0 Å². The van der Waals surface area contributed by atoms with Gasteiger partial charge in [-0.3, -0.25) is 14.4 Å². The van der Waals surface area contributed by atoms with Crippen LogP contribution in [0.1, 0.15) is 44.7 Å². The molecule has 38 heavy (non-hydrogen) atoms. The van der Waals surface area contributed by atoms with Gasteiger partial charge in [0.05, 0.1) is 46.7 Å². The van der Waals surface area contributed by atoms with Crippen molar-refractivity contribution in [1.29, 1.82) is 0 Å². The molecule has 2 amide bonds. The van der Waals surface area contributed by atoms with Crippen molar-refractivity contribution in [2.75, 3.05) is 40.6 Å². The van der Waals surface area contributed by atoms with Gasteiger partial charge in [0.2, 0.25) is 17.6 Å². The molecule has 0 bridgehead atoms. The van der Waals surface area contributed by atoms with Crippen molar-refractivity contribution < 1.29 is 43.5 Å². The molecule has 4 N–H and O–H groups in total. The third-order valence-electron chi connectivity index (χ3n) is 7.05. The molecule has 3 rings (SSSR count). The number of carbonyl (C=O) groups is 3. The molecule has 4 atom stereocenters. The number of benzene rings is 1. The van der Waals surface area contributed by atoms with E-state index in [1.54, 1.807) is 7.11 Å². The van der Waals surface area contributed by atoms with E-state index in [9.17, 15) is 24.6 Å². The van der Waals surface area contributed by atoms with Crippen LogP contribution < -0.4 is 24.8 Å². The molecular weight excluding hydrogens is 496 g/mol. The Morgan fingerprint density at radius 1 is 1.13 bits per heavy atom. The van der Waals surface area contributed by atoms with Gasteiger partial charge >= 0.3 is 0 Å². The van der Waals surface area contributed by atoms with Gasteiger partial charge in [-0.1, -0.05) is 13.8 Å². The van der Waals surface area contributed by atoms with E-state index in [4.69, 9.17) is 18.9 Å². The molecule has 0 spiro atoms. The number of hydrogen-bond donors (Lipinski definition) is 4. The molecule has 1 fully saturated rings. The van der Waals surface area contributed by atoms with Crippen LogP contribution in [-0.4, -0.2) is 86.1 Å². The van der Waals surface area contributed by atoms with Gasteiger partial charge in [0.1, 0.15) is 6.04 Å². The van der Waals surface area contributed by atoms with E-state index in [2.05, 4.69) is 10.6 Å². The highest BCUT2D eigenvalue weighted by molar-refractivity contribution is 5.98. The topological polar surface area (TPSA) is 156 Å². The molecule has 1 aliphatic carbocycles. The first-order valence-electron chi connectivity index (χ1n) is 13.0. The Hall–Kier alpha value is -2.89. The van der Waals surface area contributed by atoms with Crippen molar-refractivity contribution in [2.24, 2.45) is 11.8 Å². The lowest BCUT2D eigenvalue weighted by atomic mass is 9.82. The Bertz CT molecular complexity index is 1020. The number of ketones is 1. The van der Waals surface area contributed by atoms with Gasteiger partial charge in [0.25, 0.3) is 0 Å². The van der Waals surface area contributed by atoms with Crippen molar-refractivity contribution in [2.45, 2.75) is 64.1 Å². The fourth-order valence-electron chi connectivity index (χ4n) is 4.87. The zero-order chi connectivity index (χ0) is 28.0.